The van der Waals surface area contributed by atoms with E-state index < -0.39 is 10.0 Å². The Labute approximate surface area is 164 Å². The van der Waals surface area contributed by atoms with Gasteiger partial charge in [-0.2, -0.15) is 0 Å². The van der Waals surface area contributed by atoms with Crippen LogP contribution in [0.4, 0.5) is 11.4 Å². The SMILES string of the molecule is Cc1cccc(NC(=O)c2cc(C)c3c(c2)-c2ccccc2S(=O)(=O)N3C)c1. The molecule has 1 amide bonds. The summed E-state index contributed by atoms with van der Waals surface area (Å²) in [6.07, 6.45) is 0. The van der Waals surface area contributed by atoms with Gasteiger partial charge in [-0.15, -0.1) is 0 Å². The van der Waals surface area contributed by atoms with Crippen molar-refractivity contribution in [2.24, 2.45) is 0 Å². The minimum atomic E-state index is -3.61. The molecule has 5 nitrogen and oxygen atoms in total. The zero-order chi connectivity index (χ0) is 20.1. The fourth-order valence-electron chi connectivity index (χ4n) is 3.64. The number of rotatable bonds is 2. The van der Waals surface area contributed by atoms with Gasteiger partial charge < -0.3 is 5.32 Å². The monoisotopic (exact) mass is 392 g/mol. The van der Waals surface area contributed by atoms with E-state index in [1.165, 1.54) is 4.31 Å². The van der Waals surface area contributed by atoms with Gasteiger partial charge in [-0.3, -0.25) is 9.10 Å². The molecule has 1 aliphatic rings. The van der Waals surface area contributed by atoms with Crippen LogP contribution in [0.1, 0.15) is 21.5 Å². The maximum atomic E-state index is 12.9. The smallest absolute Gasteiger partial charge is 0.264 e. The van der Waals surface area contributed by atoms with Gasteiger partial charge in [0.05, 0.1) is 10.6 Å². The Morgan fingerprint density at radius 2 is 1.68 bits per heavy atom. The van der Waals surface area contributed by atoms with Crippen LogP contribution in [0, 0.1) is 13.8 Å². The Balaban J connectivity index is 1.83. The van der Waals surface area contributed by atoms with Crippen molar-refractivity contribution in [2.75, 3.05) is 16.7 Å². The molecule has 0 bridgehead atoms. The van der Waals surface area contributed by atoms with Gasteiger partial charge in [-0.25, -0.2) is 8.42 Å². The van der Waals surface area contributed by atoms with Gasteiger partial charge >= 0.3 is 0 Å². The molecule has 1 N–H and O–H groups in total. The molecule has 0 atom stereocenters. The Hall–Kier alpha value is -3.12. The Morgan fingerprint density at radius 1 is 0.929 bits per heavy atom. The van der Waals surface area contributed by atoms with Gasteiger partial charge in [0.15, 0.2) is 0 Å². The van der Waals surface area contributed by atoms with Crippen LogP contribution in [0.5, 0.6) is 0 Å². The molecule has 0 fully saturated rings. The molecule has 3 aromatic rings. The molecule has 28 heavy (non-hydrogen) atoms. The summed E-state index contributed by atoms with van der Waals surface area (Å²) < 4.78 is 27.0. The zero-order valence-corrected chi connectivity index (χ0v) is 16.7. The van der Waals surface area contributed by atoms with Crippen molar-refractivity contribution in [2.45, 2.75) is 18.7 Å². The Morgan fingerprint density at radius 3 is 2.43 bits per heavy atom. The lowest BCUT2D eigenvalue weighted by atomic mass is 9.96. The van der Waals surface area contributed by atoms with E-state index in [4.69, 9.17) is 0 Å². The molecule has 142 valence electrons. The van der Waals surface area contributed by atoms with Gasteiger partial charge in [-0.1, -0.05) is 30.3 Å². The van der Waals surface area contributed by atoms with Crippen LogP contribution in [-0.2, 0) is 10.0 Å². The van der Waals surface area contributed by atoms with Crippen LogP contribution in [0.2, 0.25) is 0 Å². The summed E-state index contributed by atoms with van der Waals surface area (Å²) in [7, 11) is -2.07. The van der Waals surface area contributed by atoms with E-state index >= 15 is 0 Å². The Kier molecular flexibility index (Phi) is 4.23. The van der Waals surface area contributed by atoms with E-state index in [9.17, 15) is 13.2 Å². The molecule has 0 aliphatic carbocycles. The first-order valence-corrected chi connectivity index (χ1v) is 10.3. The molecule has 6 heteroatoms. The van der Waals surface area contributed by atoms with Crippen molar-refractivity contribution in [3.8, 4) is 11.1 Å². The third-order valence-corrected chi connectivity index (χ3v) is 6.78. The highest BCUT2D eigenvalue weighted by atomic mass is 32.2. The summed E-state index contributed by atoms with van der Waals surface area (Å²) in [5.74, 6) is -0.231. The summed E-state index contributed by atoms with van der Waals surface area (Å²) in [6, 6.07) is 18.0. The first-order valence-electron chi connectivity index (χ1n) is 8.90. The number of carbonyl (C=O) groups is 1. The van der Waals surface area contributed by atoms with Gasteiger partial charge in [0, 0.05) is 29.4 Å². The molecular formula is C22H20N2O3S. The molecule has 4 rings (SSSR count). The second-order valence-electron chi connectivity index (χ2n) is 6.98. The molecule has 0 spiro atoms. The first kappa shape index (κ1) is 18.3. The number of amides is 1. The van der Waals surface area contributed by atoms with Crippen molar-refractivity contribution in [3.05, 3.63) is 77.4 Å². The lowest BCUT2D eigenvalue weighted by Gasteiger charge is -2.31. The maximum absolute atomic E-state index is 12.9. The summed E-state index contributed by atoms with van der Waals surface area (Å²) in [6.45, 7) is 3.79. The molecule has 0 unspecified atom stereocenters. The number of aryl methyl sites for hydroxylation is 2. The second kappa shape index (κ2) is 6.49. The van der Waals surface area contributed by atoms with Crippen molar-refractivity contribution in [1.82, 2.24) is 0 Å². The normalized spacial score (nSPS) is 14.2. The van der Waals surface area contributed by atoms with E-state index in [0.29, 0.717) is 16.8 Å². The number of sulfonamides is 1. The summed E-state index contributed by atoms with van der Waals surface area (Å²) in [5.41, 5.74) is 4.95. The summed E-state index contributed by atoms with van der Waals surface area (Å²) >= 11 is 0. The number of nitrogens with zero attached hydrogens (tertiary/aromatic N) is 1. The molecular weight excluding hydrogens is 372 g/mol. The maximum Gasteiger partial charge on any atom is 0.264 e. The largest absolute Gasteiger partial charge is 0.322 e. The number of hydrogen-bond acceptors (Lipinski definition) is 3. The van der Waals surface area contributed by atoms with Crippen molar-refractivity contribution < 1.29 is 13.2 Å². The highest BCUT2D eigenvalue weighted by Gasteiger charge is 2.33. The van der Waals surface area contributed by atoms with Gasteiger partial charge in [-0.05, 0) is 55.3 Å². The number of fused-ring (bicyclic) bond motifs is 3. The van der Waals surface area contributed by atoms with Crippen molar-refractivity contribution in [1.29, 1.82) is 0 Å². The third kappa shape index (κ3) is 2.86. The molecule has 0 saturated carbocycles. The molecule has 3 aromatic carbocycles. The molecule has 0 saturated heterocycles. The lowest BCUT2D eigenvalue weighted by Crippen LogP contribution is -2.31. The van der Waals surface area contributed by atoms with Crippen molar-refractivity contribution in [3.63, 3.8) is 0 Å². The summed E-state index contributed by atoms with van der Waals surface area (Å²) in [5, 5.41) is 2.91. The average Bonchev–Trinajstić information content (AvgIpc) is 2.66. The average molecular weight is 392 g/mol. The number of hydrogen-bond donors (Lipinski definition) is 1. The second-order valence-corrected chi connectivity index (χ2v) is 8.92. The van der Waals surface area contributed by atoms with E-state index in [2.05, 4.69) is 5.32 Å². The zero-order valence-electron chi connectivity index (χ0n) is 15.9. The minimum absolute atomic E-state index is 0.231. The van der Waals surface area contributed by atoms with E-state index in [0.717, 1.165) is 22.4 Å². The van der Waals surface area contributed by atoms with Gasteiger partial charge in [0.2, 0.25) is 0 Å². The lowest BCUT2D eigenvalue weighted by molar-refractivity contribution is 0.102. The van der Waals surface area contributed by atoms with Crippen LogP contribution >= 0.6 is 0 Å². The topological polar surface area (TPSA) is 66.5 Å². The van der Waals surface area contributed by atoms with Crippen LogP contribution in [0.3, 0.4) is 0 Å². The van der Waals surface area contributed by atoms with Gasteiger partial charge in [0.25, 0.3) is 15.9 Å². The standard InChI is InChI=1S/C22H20N2O3S/c1-14-7-6-8-17(11-14)23-22(25)16-12-15(2)21-19(13-16)18-9-4-5-10-20(18)28(26,27)24(21)3/h4-13H,1-3H3,(H,23,25). The summed E-state index contributed by atoms with van der Waals surface area (Å²) in [4.78, 5) is 13.1. The minimum Gasteiger partial charge on any atom is -0.322 e. The van der Waals surface area contributed by atoms with E-state index in [1.807, 2.05) is 38.1 Å². The van der Waals surface area contributed by atoms with Gasteiger partial charge in [0.1, 0.15) is 0 Å². The predicted molar refractivity (Wildman–Crippen MR) is 111 cm³/mol. The quantitative estimate of drug-likeness (QED) is 0.705. The van der Waals surface area contributed by atoms with E-state index in [1.54, 1.807) is 43.4 Å². The number of anilines is 2. The van der Waals surface area contributed by atoms with Crippen molar-refractivity contribution >= 4 is 27.3 Å². The molecule has 1 heterocycles. The molecule has 1 aliphatic heterocycles. The van der Waals surface area contributed by atoms with Crippen LogP contribution in [-0.4, -0.2) is 21.4 Å². The number of benzene rings is 3. The highest BCUT2D eigenvalue weighted by molar-refractivity contribution is 7.93. The van der Waals surface area contributed by atoms with Crippen LogP contribution in [0.15, 0.2) is 65.6 Å². The molecule has 0 radical (unpaired) electrons. The Bertz CT molecular complexity index is 1220. The predicted octanol–water partition coefficient (Wildman–Crippen LogP) is 4.36. The van der Waals surface area contributed by atoms with E-state index in [-0.39, 0.29) is 10.8 Å². The fourth-order valence-corrected chi connectivity index (χ4v) is 5.13. The fraction of sp³-hybridized carbons (Fsp3) is 0.136. The van der Waals surface area contributed by atoms with Crippen LogP contribution in [0.25, 0.3) is 11.1 Å². The first-order chi connectivity index (χ1) is 13.3. The third-order valence-electron chi connectivity index (χ3n) is 4.97. The molecule has 0 aromatic heterocycles. The highest BCUT2D eigenvalue weighted by Crippen LogP contribution is 2.44. The number of carbonyl (C=O) groups excluding carboxylic acids is 1. The van der Waals surface area contributed by atoms with Crippen LogP contribution < -0.4 is 9.62 Å². The number of nitrogens with one attached hydrogen (secondary N) is 1.